The van der Waals surface area contributed by atoms with Crippen LogP contribution in [-0.4, -0.2) is 9.97 Å². The van der Waals surface area contributed by atoms with Crippen molar-refractivity contribution >= 4 is 16.7 Å². The first-order chi connectivity index (χ1) is 30.3. The third-order valence-corrected chi connectivity index (χ3v) is 9.00. The lowest BCUT2D eigenvalue weighted by Crippen LogP contribution is -2.29. The van der Waals surface area contributed by atoms with Crippen molar-refractivity contribution in [3.63, 3.8) is 0 Å². The summed E-state index contributed by atoms with van der Waals surface area (Å²) in [7, 11) is 0. The van der Waals surface area contributed by atoms with Gasteiger partial charge < -0.3 is 0 Å². The summed E-state index contributed by atoms with van der Waals surface area (Å²) in [6.07, 6.45) is -33.8. The van der Waals surface area contributed by atoms with Crippen LogP contribution in [0.3, 0.4) is 0 Å². The van der Waals surface area contributed by atoms with Gasteiger partial charge in [0.2, 0.25) is 0 Å². The largest absolute Gasteiger partial charge is 0.417 e. The summed E-state index contributed by atoms with van der Waals surface area (Å²) in [6.45, 7) is 0. The fraction of sp³-hybridized carbons (Fsp3) is 0.162. The van der Waals surface area contributed by atoms with Crippen LogP contribution in [0.4, 0.5) is 79.0 Å². The lowest BCUT2D eigenvalue weighted by atomic mass is 10.1. The van der Waals surface area contributed by atoms with Gasteiger partial charge in [-0.2, -0.15) is 94.8 Å². The molecule has 0 saturated heterocycles. The molecule has 0 aliphatic carbocycles. The Morgan fingerprint density at radius 1 is 0.318 bits per heavy atom. The third-order valence-electron chi connectivity index (χ3n) is 9.00. The standard InChI is InChI=1S/C37H7F18N11/c38-32(39,40)14-1-22-23(2-15(14)33(41,42)43)62-28(61-22)11(8-56)20-7-21(12(9-57)29-63-24-3-16(34(44,45)46)17(35(47,48)49)4-25(24)64-29)60-30(59-20)13(10-58)31-65-26-5-18(36(50,51)52)19(37(53,54)55)6-27(26)66-31/h1-7H. The number of nitrogens with zero attached hydrogens (tertiary/aromatic N) is 11. The van der Waals surface area contributed by atoms with Crippen molar-refractivity contribution in [2.24, 2.45) is 30.0 Å². The Kier molecular flexibility index (Phi) is 10.5. The first-order valence-corrected chi connectivity index (χ1v) is 16.9. The molecule has 3 aliphatic heterocycles. The number of halogens is 18. The lowest BCUT2D eigenvalue weighted by molar-refractivity contribution is -0.162. The van der Waals surface area contributed by atoms with Crippen molar-refractivity contribution < 1.29 is 79.0 Å². The normalized spacial score (nSPS) is 14.5. The Morgan fingerprint density at radius 3 is 0.697 bits per heavy atom. The van der Waals surface area contributed by atoms with Crippen molar-refractivity contribution in [1.82, 2.24) is 9.97 Å². The van der Waals surface area contributed by atoms with E-state index in [1.54, 1.807) is 0 Å². The zero-order valence-corrected chi connectivity index (χ0v) is 30.8. The van der Waals surface area contributed by atoms with Crippen molar-refractivity contribution in [3.05, 3.63) is 143 Å². The van der Waals surface area contributed by atoms with Crippen LogP contribution in [0, 0.1) is 34.0 Å². The second-order valence-electron chi connectivity index (χ2n) is 13.2. The van der Waals surface area contributed by atoms with Crippen LogP contribution < -0.4 is 32.1 Å². The Balaban J connectivity index is 1.53. The fourth-order valence-electron chi connectivity index (χ4n) is 6.23. The van der Waals surface area contributed by atoms with Crippen LogP contribution in [0.5, 0.6) is 0 Å². The highest BCUT2D eigenvalue weighted by Crippen LogP contribution is 2.42. The molecule has 0 spiro atoms. The first-order valence-electron chi connectivity index (χ1n) is 16.9. The van der Waals surface area contributed by atoms with E-state index in [1.807, 2.05) is 0 Å². The molecule has 0 unspecified atom stereocenters. The number of benzene rings is 3. The number of hydrogen-bond acceptors (Lipinski definition) is 11. The number of hydrogen-bond donors (Lipinski definition) is 0. The van der Waals surface area contributed by atoms with E-state index in [9.17, 15) is 94.8 Å². The molecule has 0 fully saturated rings. The molecule has 29 heteroatoms. The third kappa shape index (κ3) is 8.39. The smallest absolute Gasteiger partial charge is 0.226 e. The Hall–Kier alpha value is -8.03. The van der Waals surface area contributed by atoms with Crippen LogP contribution in [0.2, 0.25) is 0 Å². The van der Waals surface area contributed by atoms with Crippen LogP contribution in [0.15, 0.2) is 89.9 Å². The highest BCUT2D eigenvalue weighted by Gasteiger charge is 2.46. The van der Waals surface area contributed by atoms with Crippen molar-refractivity contribution in [3.8, 4) is 18.2 Å². The molecule has 1 aromatic heterocycles. The molecule has 11 nitrogen and oxygen atoms in total. The molecule has 7 rings (SSSR count). The maximum absolute atomic E-state index is 13.7. The zero-order valence-electron chi connectivity index (χ0n) is 30.8. The minimum atomic E-state index is -5.63. The van der Waals surface area contributed by atoms with E-state index in [2.05, 4.69) is 39.9 Å². The Labute approximate surface area is 349 Å². The second-order valence-corrected chi connectivity index (χ2v) is 13.2. The van der Waals surface area contributed by atoms with Crippen molar-refractivity contribution in [1.29, 1.82) is 15.8 Å². The van der Waals surface area contributed by atoms with Crippen LogP contribution >= 0.6 is 0 Å². The molecule has 0 radical (unpaired) electrons. The van der Waals surface area contributed by atoms with Crippen LogP contribution in [-0.2, 0) is 37.1 Å². The van der Waals surface area contributed by atoms with E-state index in [-0.39, 0.29) is 36.4 Å². The Bertz CT molecular complexity index is 2930. The van der Waals surface area contributed by atoms with Crippen molar-refractivity contribution in [2.75, 3.05) is 0 Å². The van der Waals surface area contributed by atoms with Gasteiger partial charge in [-0.05, 0) is 42.5 Å². The van der Waals surface area contributed by atoms with Crippen LogP contribution in [0.25, 0.3) is 16.7 Å². The number of allylic oxidation sites excluding steroid dienone is 3. The van der Waals surface area contributed by atoms with E-state index < -0.39 is 154 Å². The summed E-state index contributed by atoms with van der Waals surface area (Å²) >= 11 is 0. The van der Waals surface area contributed by atoms with Gasteiger partial charge in [-0.15, -0.1) is 0 Å². The van der Waals surface area contributed by atoms with Gasteiger partial charge in [0.05, 0.1) is 76.9 Å². The molecule has 0 N–H and O–H groups in total. The summed E-state index contributed by atoms with van der Waals surface area (Å²) in [5.41, 5.74) is -18.4. The average molecular weight is 948 g/mol. The summed E-state index contributed by atoms with van der Waals surface area (Å²) in [5, 5.41) is 25.3. The molecule has 0 bridgehead atoms. The highest BCUT2D eigenvalue weighted by atomic mass is 19.4. The fourth-order valence-corrected chi connectivity index (χ4v) is 6.23. The molecule has 3 aliphatic rings. The van der Waals surface area contributed by atoms with Gasteiger partial charge in [0.25, 0.3) is 0 Å². The molecule has 0 atom stereocenters. The molecule has 336 valence electrons. The molecular weight excluding hydrogens is 940 g/mol. The summed E-state index contributed by atoms with van der Waals surface area (Å²) < 4.78 is 247. The maximum atomic E-state index is 13.7. The zero-order chi connectivity index (χ0) is 48.9. The van der Waals surface area contributed by atoms with E-state index in [4.69, 9.17) is 0 Å². The minimum absolute atomic E-state index is 0.0682. The number of nitriles is 3. The Morgan fingerprint density at radius 2 is 0.515 bits per heavy atom. The van der Waals surface area contributed by atoms with E-state index in [0.717, 1.165) is 0 Å². The number of aromatic nitrogens is 2. The molecule has 3 aromatic carbocycles. The summed E-state index contributed by atoms with van der Waals surface area (Å²) in [6, 6.07) is 4.44. The SMILES string of the molecule is N#CC(=C1N=c2cc(C(F)(F)F)c(C(F)(F)F)cc2=N1)c1cc(C(C#N)=C2N=c3cc(C(F)(F)F)c(C(F)(F)F)cc3=N2)nc(C(C#N)=C2N=c3cc(C(F)(F)F)c(C(F)(F)F)cc3=N2)n1. The molecule has 4 aromatic rings. The van der Waals surface area contributed by atoms with Gasteiger partial charge in [-0.25, -0.2) is 39.9 Å². The van der Waals surface area contributed by atoms with Gasteiger partial charge in [-0.3, -0.25) is 0 Å². The van der Waals surface area contributed by atoms with Gasteiger partial charge in [0.15, 0.2) is 23.3 Å². The number of alkyl halides is 18. The van der Waals surface area contributed by atoms with E-state index in [0.29, 0.717) is 6.07 Å². The molecule has 0 amide bonds. The maximum Gasteiger partial charge on any atom is 0.417 e. The lowest BCUT2D eigenvalue weighted by Gasteiger charge is -2.14. The minimum Gasteiger partial charge on any atom is -0.226 e. The molecular formula is C37H7F18N11. The molecule has 4 heterocycles. The van der Waals surface area contributed by atoms with E-state index in [1.165, 1.54) is 18.2 Å². The number of rotatable bonds is 3. The van der Waals surface area contributed by atoms with Gasteiger partial charge in [0.1, 0.15) is 34.9 Å². The quantitative estimate of drug-likeness (QED) is 0.158. The first kappa shape index (κ1) is 46.0. The van der Waals surface area contributed by atoms with Gasteiger partial charge in [0, 0.05) is 0 Å². The second kappa shape index (κ2) is 15.0. The topological polar surface area (TPSA) is 171 Å². The monoisotopic (exact) mass is 947 g/mol. The predicted octanol–water partition coefficient (Wildman–Crippen LogP) is 7.02. The number of fused-ring (bicyclic) bond motifs is 3. The van der Waals surface area contributed by atoms with Gasteiger partial charge >= 0.3 is 37.1 Å². The molecule has 0 saturated carbocycles. The van der Waals surface area contributed by atoms with E-state index >= 15 is 0 Å². The summed E-state index contributed by atoms with van der Waals surface area (Å²) in [5.74, 6) is -4.16. The van der Waals surface area contributed by atoms with Crippen LogP contribution in [0.1, 0.15) is 50.6 Å². The highest BCUT2D eigenvalue weighted by molar-refractivity contribution is 5.84. The summed E-state index contributed by atoms with van der Waals surface area (Å²) in [4.78, 5) is 29.8. The van der Waals surface area contributed by atoms with Gasteiger partial charge in [-0.1, -0.05) is 0 Å². The predicted molar refractivity (Wildman–Crippen MR) is 176 cm³/mol. The molecule has 66 heavy (non-hydrogen) atoms. The van der Waals surface area contributed by atoms with Crippen molar-refractivity contribution in [2.45, 2.75) is 37.1 Å². The average Bonchev–Trinajstić information content (AvgIpc) is 3.91.